The van der Waals surface area contributed by atoms with E-state index in [1.807, 2.05) is 0 Å². The molecule has 0 saturated heterocycles. The minimum Gasteiger partial charge on any atom is -0.493 e. The molecule has 3 aromatic heterocycles. The van der Waals surface area contributed by atoms with Crippen LogP contribution in [0.4, 0.5) is 22.1 Å². The number of nitrogens with zero attached hydrogens (tertiary/aromatic N) is 5. The van der Waals surface area contributed by atoms with Crippen molar-refractivity contribution in [3.8, 4) is 46.3 Å². The molecule has 7 aromatic rings. The minimum absolute atomic E-state index is 0.230. The molecule has 0 saturated carbocycles. The van der Waals surface area contributed by atoms with Gasteiger partial charge in [-0.05, 0) is 55.5 Å². The Bertz CT molecular complexity index is 2500. The van der Waals surface area contributed by atoms with Gasteiger partial charge in [-0.2, -0.15) is 0 Å². The lowest BCUT2D eigenvalue weighted by Gasteiger charge is -2.13. The van der Waals surface area contributed by atoms with Crippen LogP contribution in [0, 0.1) is 6.92 Å². The van der Waals surface area contributed by atoms with Crippen LogP contribution in [0.1, 0.15) is 5.69 Å². The number of fused-ring (bicyclic) bond motifs is 2. The van der Waals surface area contributed by atoms with Crippen LogP contribution in [0.25, 0.3) is 21.8 Å². The van der Waals surface area contributed by atoms with Crippen molar-refractivity contribution in [2.45, 2.75) is 6.92 Å². The van der Waals surface area contributed by atoms with Crippen molar-refractivity contribution in [1.82, 2.24) is 25.1 Å². The molecule has 4 aromatic carbocycles. The van der Waals surface area contributed by atoms with Crippen LogP contribution < -0.4 is 44.8 Å². The van der Waals surface area contributed by atoms with Crippen LogP contribution in [0.2, 0.25) is 10.0 Å². The Morgan fingerprint density at radius 1 is 0.636 bits per heavy atom. The second-order valence-electron chi connectivity index (χ2n) is 11.3. The van der Waals surface area contributed by atoms with Crippen LogP contribution in [0.15, 0.2) is 83.9 Å². The quantitative estimate of drug-likeness (QED) is 0.111. The average molecular weight is 788 g/mol. The van der Waals surface area contributed by atoms with Gasteiger partial charge in [-0.3, -0.25) is 5.32 Å². The third-order valence-corrected chi connectivity index (χ3v) is 8.22. The molecule has 55 heavy (non-hydrogen) atoms. The van der Waals surface area contributed by atoms with Crippen LogP contribution in [-0.2, 0) is 0 Å². The number of nitrogen functional groups attached to an aromatic ring is 1. The van der Waals surface area contributed by atoms with Crippen molar-refractivity contribution >= 4 is 68.3 Å². The molecule has 0 unspecified atom stereocenters. The Morgan fingerprint density at radius 3 is 1.62 bits per heavy atom. The summed E-state index contributed by atoms with van der Waals surface area (Å²) in [5.41, 5.74) is 8.63. The smallest absolute Gasteiger partial charge is 0.326 e. The van der Waals surface area contributed by atoms with E-state index in [2.05, 4.69) is 35.7 Å². The predicted molar refractivity (Wildman–Crippen MR) is 207 cm³/mol. The van der Waals surface area contributed by atoms with Crippen LogP contribution in [0.3, 0.4) is 0 Å². The Kier molecular flexibility index (Phi) is 11.7. The molecule has 0 spiro atoms. The monoisotopic (exact) mass is 786 g/mol. The topological polar surface area (TPSA) is 200 Å². The second-order valence-corrected chi connectivity index (χ2v) is 12.1. The van der Waals surface area contributed by atoms with Crippen molar-refractivity contribution in [2.24, 2.45) is 0 Å². The lowest BCUT2D eigenvalue weighted by molar-refractivity contribution is 0.261. The third kappa shape index (κ3) is 8.89. The second kappa shape index (κ2) is 16.9. The van der Waals surface area contributed by atoms with E-state index in [4.69, 9.17) is 61.9 Å². The standard InChI is InChI=1S/C21H18ClN5O5.C16H14ClN3O3/c1-11-6-19(32-27-11)26-21(28)25-12-4-5-16(14(22)7-12)31-20-13-8-17(29-2)18(30-3)9-15(13)23-10-24-20;1-21-14-6-10-12(7-15(14)22-2)19-8-20-16(10)23-13-4-3-9(18)5-11(13)17/h4-10H,1-3H3,(H2,25,26,28);3-8H,18H2,1-2H3. The molecular weight excluding hydrogens is 755 g/mol. The van der Waals surface area contributed by atoms with Gasteiger partial charge in [-0.15, -0.1) is 0 Å². The van der Waals surface area contributed by atoms with E-state index in [1.165, 1.54) is 19.8 Å². The number of nitrogens with two attached hydrogens (primary N) is 1. The molecule has 0 atom stereocenters. The molecule has 0 radical (unpaired) electrons. The largest absolute Gasteiger partial charge is 0.493 e. The highest BCUT2D eigenvalue weighted by Gasteiger charge is 2.16. The summed E-state index contributed by atoms with van der Waals surface area (Å²) in [7, 11) is 6.21. The SMILES string of the molecule is COc1cc2ncnc(Oc3ccc(N)cc3Cl)c2cc1OC.COc1cc2ncnc(Oc3ccc(NC(=O)Nc4cc(C)no4)cc3Cl)c2cc1OC. The van der Waals surface area contributed by atoms with Crippen LogP contribution in [-0.4, -0.2) is 59.6 Å². The van der Waals surface area contributed by atoms with Gasteiger partial charge < -0.3 is 44.0 Å². The van der Waals surface area contributed by atoms with E-state index in [0.717, 1.165) is 0 Å². The van der Waals surface area contributed by atoms with Crippen LogP contribution >= 0.6 is 23.2 Å². The highest BCUT2D eigenvalue weighted by atomic mass is 35.5. The van der Waals surface area contributed by atoms with E-state index < -0.39 is 6.03 Å². The van der Waals surface area contributed by atoms with Crippen LogP contribution in [0.5, 0.6) is 46.3 Å². The Balaban J connectivity index is 0.000000197. The summed E-state index contributed by atoms with van der Waals surface area (Å²) in [4.78, 5) is 29.0. The first-order valence-corrected chi connectivity index (χ1v) is 16.8. The molecule has 2 amide bonds. The molecule has 0 aliphatic rings. The molecule has 282 valence electrons. The summed E-state index contributed by atoms with van der Waals surface area (Å²) in [5, 5.41) is 10.9. The number of carbonyl (C=O) groups is 1. The van der Waals surface area contributed by atoms with Gasteiger partial charge in [0.25, 0.3) is 0 Å². The zero-order valence-electron chi connectivity index (χ0n) is 29.8. The van der Waals surface area contributed by atoms with E-state index in [-0.39, 0.29) is 16.8 Å². The van der Waals surface area contributed by atoms with E-state index in [0.29, 0.717) is 84.3 Å². The zero-order chi connectivity index (χ0) is 39.1. The van der Waals surface area contributed by atoms with Gasteiger partial charge in [0, 0.05) is 29.6 Å². The fourth-order valence-corrected chi connectivity index (χ4v) is 5.49. The summed E-state index contributed by atoms with van der Waals surface area (Å²) in [6.45, 7) is 1.75. The number of rotatable bonds is 10. The first kappa shape index (κ1) is 38.0. The number of nitrogens with one attached hydrogen (secondary N) is 2. The summed E-state index contributed by atoms with van der Waals surface area (Å²) in [6.07, 6.45) is 2.79. The van der Waals surface area contributed by atoms with Crippen molar-refractivity contribution in [2.75, 3.05) is 44.8 Å². The van der Waals surface area contributed by atoms with Crippen molar-refractivity contribution in [3.63, 3.8) is 0 Å². The number of aryl methyl sites for hydroxylation is 1. The molecule has 16 nitrogen and oxygen atoms in total. The van der Waals surface area contributed by atoms with Crippen molar-refractivity contribution in [1.29, 1.82) is 0 Å². The number of aromatic nitrogens is 5. The average Bonchev–Trinajstić information content (AvgIpc) is 3.59. The predicted octanol–water partition coefficient (Wildman–Crippen LogP) is 8.71. The summed E-state index contributed by atoms with van der Waals surface area (Å²) < 4.78 is 37.9. The number of halogens is 2. The molecule has 0 bridgehead atoms. The molecule has 0 fully saturated rings. The molecule has 18 heteroatoms. The number of benzene rings is 4. The maximum Gasteiger partial charge on any atom is 0.326 e. The maximum absolute atomic E-state index is 12.1. The van der Waals surface area contributed by atoms with Gasteiger partial charge in [0.1, 0.15) is 24.2 Å². The molecular formula is C37H32Cl2N8O8. The zero-order valence-corrected chi connectivity index (χ0v) is 31.4. The fraction of sp³-hybridized carbons (Fsp3) is 0.135. The van der Waals surface area contributed by atoms with Gasteiger partial charge >= 0.3 is 6.03 Å². The molecule has 3 heterocycles. The van der Waals surface area contributed by atoms with Gasteiger partial charge in [0.15, 0.2) is 23.0 Å². The van der Waals surface area contributed by atoms with Crippen molar-refractivity contribution < 1.29 is 37.7 Å². The number of amides is 2. The number of methoxy groups -OCH3 is 4. The number of anilines is 3. The molecule has 4 N–H and O–H groups in total. The number of ether oxygens (including phenoxy) is 6. The third-order valence-electron chi connectivity index (χ3n) is 7.63. The summed E-state index contributed by atoms with van der Waals surface area (Å²) >= 11 is 12.5. The Labute approximate surface area is 323 Å². The van der Waals surface area contributed by atoms with E-state index in [1.54, 1.807) is 95.0 Å². The normalized spacial score (nSPS) is 10.6. The number of hydrogen-bond acceptors (Lipinski definition) is 14. The number of hydrogen-bond donors (Lipinski definition) is 3. The van der Waals surface area contributed by atoms with Gasteiger partial charge in [-0.25, -0.2) is 24.7 Å². The Morgan fingerprint density at radius 2 is 1.15 bits per heavy atom. The highest BCUT2D eigenvalue weighted by molar-refractivity contribution is 6.32. The number of urea groups is 1. The van der Waals surface area contributed by atoms with E-state index >= 15 is 0 Å². The number of carbonyl (C=O) groups excluding carboxylic acids is 1. The first-order valence-electron chi connectivity index (χ1n) is 16.0. The van der Waals surface area contributed by atoms with Crippen molar-refractivity contribution in [3.05, 3.63) is 95.1 Å². The molecule has 0 aliphatic heterocycles. The summed E-state index contributed by atoms with van der Waals surface area (Å²) in [6, 6.07) is 17.9. The summed E-state index contributed by atoms with van der Waals surface area (Å²) in [5.74, 6) is 3.87. The lowest BCUT2D eigenvalue weighted by Crippen LogP contribution is -2.19. The van der Waals surface area contributed by atoms with Gasteiger partial charge in [0.05, 0.1) is 66.0 Å². The van der Waals surface area contributed by atoms with E-state index in [9.17, 15) is 4.79 Å². The molecule has 0 aliphatic carbocycles. The van der Waals surface area contributed by atoms with Gasteiger partial charge in [-0.1, -0.05) is 28.4 Å². The van der Waals surface area contributed by atoms with Gasteiger partial charge in [0.2, 0.25) is 17.6 Å². The molecule has 7 rings (SSSR count). The Hall–Kier alpha value is -6.78. The maximum atomic E-state index is 12.1. The minimum atomic E-state index is -0.506. The lowest BCUT2D eigenvalue weighted by atomic mass is 10.2. The first-order chi connectivity index (χ1) is 26.6. The fourth-order valence-electron chi connectivity index (χ4n) is 5.05. The highest BCUT2D eigenvalue weighted by Crippen LogP contribution is 2.39.